The van der Waals surface area contributed by atoms with Gasteiger partial charge in [0, 0.05) is 16.3 Å². The summed E-state index contributed by atoms with van der Waals surface area (Å²) in [6, 6.07) is 12.5. The summed E-state index contributed by atoms with van der Waals surface area (Å²) in [6.07, 6.45) is 0. The minimum absolute atomic E-state index is 0.324. The molecule has 0 atom stereocenters. The lowest BCUT2D eigenvalue weighted by Gasteiger charge is -2.10. The van der Waals surface area contributed by atoms with Crippen LogP contribution in [0.4, 0.5) is 5.69 Å². The molecule has 21 heavy (non-hydrogen) atoms. The number of ether oxygens (including phenoxy) is 1. The van der Waals surface area contributed by atoms with Gasteiger partial charge in [0.1, 0.15) is 5.75 Å². The van der Waals surface area contributed by atoms with Crippen LogP contribution >= 0.6 is 11.8 Å². The molecule has 0 aromatic heterocycles. The standard InChI is InChI=1S/C16H17NO3S/c1-2-20-12-7-8-14(17)15(9-12)21-10-11-5-3-4-6-13(11)16(18)19/h3-9H,2,10,17H2,1H3,(H,18,19). The average Bonchev–Trinajstić information content (AvgIpc) is 2.48. The van der Waals surface area contributed by atoms with E-state index in [1.165, 1.54) is 11.8 Å². The fourth-order valence-corrected chi connectivity index (χ4v) is 2.90. The number of nitrogen functional groups attached to an aromatic ring is 1. The van der Waals surface area contributed by atoms with Crippen LogP contribution in [0.25, 0.3) is 0 Å². The summed E-state index contributed by atoms with van der Waals surface area (Å²) in [4.78, 5) is 12.1. The molecule has 0 unspecified atom stereocenters. The topological polar surface area (TPSA) is 72.5 Å². The molecule has 0 aliphatic heterocycles. The predicted octanol–water partition coefficient (Wildman–Crippen LogP) is 3.66. The molecule has 0 fully saturated rings. The molecule has 0 saturated carbocycles. The van der Waals surface area contributed by atoms with Crippen LogP contribution in [0.5, 0.6) is 5.75 Å². The van der Waals surface area contributed by atoms with E-state index in [0.717, 1.165) is 16.2 Å². The molecule has 2 aromatic rings. The first-order chi connectivity index (χ1) is 10.1. The summed E-state index contributed by atoms with van der Waals surface area (Å²) in [7, 11) is 0. The molecule has 110 valence electrons. The number of anilines is 1. The van der Waals surface area contributed by atoms with Gasteiger partial charge in [0.25, 0.3) is 0 Å². The first-order valence-corrected chi connectivity index (χ1v) is 7.56. The Morgan fingerprint density at radius 1 is 1.29 bits per heavy atom. The Balaban J connectivity index is 2.16. The van der Waals surface area contributed by atoms with Crippen LogP contribution in [0, 0.1) is 0 Å². The molecule has 0 spiro atoms. The monoisotopic (exact) mass is 303 g/mol. The lowest BCUT2D eigenvalue weighted by Crippen LogP contribution is -2.01. The van der Waals surface area contributed by atoms with Crippen LogP contribution in [-0.2, 0) is 5.75 Å². The van der Waals surface area contributed by atoms with Gasteiger partial charge in [-0.05, 0) is 36.8 Å². The summed E-state index contributed by atoms with van der Waals surface area (Å²) in [5.74, 6) is 0.394. The van der Waals surface area contributed by atoms with Crippen molar-refractivity contribution in [2.45, 2.75) is 17.6 Å². The lowest BCUT2D eigenvalue weighted by atomic mass is 10.1. The van der Waals surface area contributed by atoms with E-state index in [1.807, 2.05) is 31.2 Å². The van der Waals surface area contributed by atoms with Crippen molar-refractivity contribution >= 4 is 23.4 Å². The van der Waals surface area contributed by atoms with Crippen LogP contribution in [0.15, 0.2) is 47.4 Å². The van der Waals surface area contributed by atoms with E-state index in [1.54, 1.807) is 18.2 Å². The molecule has 4 nitrogen and oxygen atoms in total. The maximum absolute atomic E-state index is 11.2. The molecule has 0 aliphatic rings. The minimum Gasteiger partial charge on any atom is -0.494 e. The Morgan fingerprint density at radius 3 is 2.76 bits per heavy atom. The van der Waals surface area contributed by atoms with Gasteiger partial charge < -0.3 is 15.6 Å². The Labute approximate surface area is 127 Å². The summed E-state index contributed by atoms with van der Waals surface area (Å²) < 4.78 is 5.45. The van der Waals surface area contributed by atoms with E-state index in [4.69, 9.17) is 10.5 Å². The largest absolute Gasteiger partial charge is 0.494 e. The van der Waals surface area contributed by atoms with E-state index in [0.29, 0.717) is 23.6 Å². The van der Waals surface area contributed by atoms with E-state index >= 15 is 0 Å². The van der Waals surface area contributed by atoms with Crippen LogP contribution in [0.1, 0.15) is 22.8 Å². The molecule has 3 N–H and O–H groups in total. The Bertz CT molecular complexity index is 643. The summed E-state index contributed by atoms with van der Waals surface area (Å²) >= 11 is 1.50. The number of carboxylic acid groups (broad SMARTS) is 1. The van der Waals surface area contributed by atoms with Gasteiger partial charge in [0.15, 0.2) is 0 Å². The summed E-state index contributed by atoms with van der Waals surface area (Å²) in [6.45, 7) is 2.52. The van der Waals surface area contributed by atoms with Gasteiger partial charge in [-0.3, -0.25) is 0 Å². The van der Waals surface area contributed by atoms with E-state index in [2.05, 4.69) is 0 Å². The molecule has 0 radical (unpaired) electrons. The number of aromatic carboxylic acids is 1. The highest BCUT2D eigenvalue weighted by Gasteiger charge is 2.10. The number of hydrogen-bond acceptors (Lipinski definition) is 4. The number of carbonyl (C=O) groups is 1. The molecule has 2 aromatic carbocycles. The molecule has 2 rings (SSSR count). The van der Waals surface area contributed by atoms with Gasteiger partial charge in [0.05, 0.1) is 12.2 Å². The van der Waals surface area contributed by atoms with Crippen LogP contribution in [0.3, 0.4) is 0 Å². The van der Waals surface area contributed by atoms with Crippen molar-refractivity contribution in [2.75, 3.05) is 12.3 Å². The van der Waals surface area contributed by atoms with Crippen LogP contribution in [-0.4, -0.2) is 17.7 Å². The molecule has 0 aliphatic carbocycles. The van der Waals surface area contributed by atoms with Crippen LogP contribution in [0.2, 0.25) is 0 Å². The van der Waals surface area contributed by atoms with Gasteiger partial charge in [-0.25, -0.2) is 4.79 Å². The Hall–Kier alpha value is -2.14. The molecule has 0 amide bonds. The fourth-order valence-electron chi connectivity index (χ4n) is 1.91. The van der Waals surface area contributed by atoms with Crippen molar-refractivity contribution in [2.24, 2.45) is 0 Å². The van der Waals surface area contributed by atoms with E-state index in [-0.39, 0.29) is 0 Å². The average molecular weight is 303 g/mol. The van der Waals surface area contributed by atoms with Crippen LogP contribution < -0.4 is 10.5 Å². The number of rotatable bonds is 6. The van der Waals surface area contributed by atoms with Crippen molar-refractivity contribution in [1.29, 1.82) is 0 Å². The summed E-state index contributed by atoms with van der Waals surface area (Å²) in [5, 5.41) is 9.18. The third kappa shape index (κ3) is 3.92. The SMILES string of the molecule is CCOc1ccc(N)c(SCc2ccccc2C(=O)O)c1. The highest BCUT2D eigenvalue weighted by Crippen LogP contribution is 2.32. The van der Waals surface area contributed by atoms with Gasteiger partial charge in [-0.2, -0.15) is 0 Å². The van der Waals surface area contributed by atoms with Gasteiger partial charge in [0.2, 0.25) is 0 Å². The quantitative estimate of drug-likeness (QED) is 0.629. The second kappa shape index (κ2) is 7.04. The number of hydrogen-bond donors (Lipinski definition) is 2. The Morgan fingerprint density at radius 2 is 2.05 bits per heavy atom. The number of nitrogens with two attached hydrogens (primary N) is 1. The molecule has 0 heterocycles. The predicted molar refractivity (Wildman–Crippen MR) is 85.0 cm³/mol. The van der Waals surface area contributed by atoms with E-state index in [9.17, 15) is 9.90 Å². The third-order valence-corrected chi connectivity index (χ3v) is 4.05. The lowest BCUT2D eigenvalue weighted by molar-refractivity contribution is 0.0696. The molecule has 0 bridgehead atoms. The molecule has 5 heteroatoms. The fraction of sp³-hybridized carbons (Fsp3) is 0.188. The van der Waals surface area contributed by atoms with Gasteiger partial charge in [-0.15, -0.1) is 11.8 Å². The highest BCUT2D eigenvalue weighted by atomic mass is 32.2. The second-order valence-electron chi connectivity index (χ2n) is 4.38. The number of benzene rings is 2. The van der Waals surface area contributed by atoms with E-state index < -0.39 is 5.97 Å². The summed E-state index contributed by atoms with van der Waals surface area (Å²) in [5.41, 5.74) is 7.72. The molecular formula is C16H17NO3S. The first kappa shape index (κ1) is 15.3. The van der Waals surface area contributed by atoms with Crippen molar-refractivity contribution in [3.05, 3.63) is 53.6 Å². The maximum Gasteiger partial charge on any atom is 0.335 e. The molecular weight excluding hydrogens is 286 g/mol. The maximum atomic E-state index is 11.2. The zero-order valence-electron chi connectivity index (χ0n) is 11.7. The van der Waals surface area contributed by atoms with Crippen molar-refractivity contribution in [3.63, 3.8) is 0 Å². The number of thioether (sulfide) groups is 1. The zero-order chi connectivity index (χ0) is 15.2. The first-order valence-electron chi connectivity index (χ1n) is 6.58. The van der Waals surface area contributed by atoms with Crippen molar-refractivity contribution < 1.29 is 14.6 Å². The number of carboxylic acids is 1. The van der Waals surface area contributed by atoms with Gasteiger partial charge in [-0.1, -0.05) is 18.2 Å². The molecule has 0 saturated heterocycles. The third-order valence-electron chi connectivity index (χ3n) is 2.93. The van der Waals surface area contributed by atoms with Crippen molar-refractivity contribution in [3.8, 4) is 5.75 Å². The van der Waals surface area contributed by atoms with Gasteiger partial charge >= 0.3 is 5.97 Å². The highest BCUT2D eigenvalue weighted by molar-refractivity contribution is 7.98. The Kier molecular flexibility index (Phi) is 5.11. The second-order valence-corrected chi connectivity index (χ2v) is 5.40. The smallest absolute Gasteiger partial charge is 0.335 e. The minimum atomic E-state index is -0.915. The zero-order valence-corrected chi connectivity index (χ0v) is 12.5. The normalized spacial score (nSPS) is 10.3. The van der Waals surface area contributed by atoms with Crippen molar-refractivity contribution in [1.82, 2.24) is 0 Å².